The zero-order valence-corrected chi connectivity index (χ0v) is 24.0. The first-order valence-corrected chi connectivity index (χ1v) is 15.1. The summed E-state index contributed by atoms with van der Waals surface area (Å²) in [4.78, 5) is 19.3. The fraction of sp³-hybridized carbons (Fsp3) is 0.265. The molecule has 0 radical (unpaired) electrons. The monoisotopic (exact) mass is 566 g/mol. The number of rotatable bonds is 8. The Morgan fingerprint density at radius 3 is 2.56 bits per heavy atom. The van der Waals surface area contributed by atoms with E-state index >= 15 is 0 Å². The third-order valence-corrected chi connectivity index (χ3v) is 9.08. The minimum absolute atomic E-state index is 0.0844. The van der Waals surface area contributed by atoms with Gasteiger partial charge in [0.15, 0.2) is 0 Å². The maximum Gasteiger partial charge on any atom is 0.347 e. The molecule has 6 rings (SSSR count). The quantitative estimate of drug-likeness (QED) is 0.181. The average molecular weight is 567 g/mol. The molecule has 1 unspecified atom stereocenters. The summed E-state index contributed by atoms with van der Waals surface area (Å²) < 4.78 is 11.2. The second kappa shape index (κ2) is 12.3. The molecule has 1 fully saturated rings. The van der Waals surface area contributed by atoms with Crippen LogP contribution in [0.1, 0.15) is 34.3 Å². The molecule has 2 aliphatic heterocycles. The van der Waals surface area contributed by atoms with Crippen molar-refractivity contribution in [2.45, 2.75) is 36.0 Å². The van der Waals surface area contributed by atoms with Crippen LogP contribution in [-0.4, -0.2) is 48.8 Å². The Hall–Kier alpha value is -3.94. The molecule has 1 atom stereocenters. The molecule has 2 heterocycles. The lowest BCUT2D eigenvalue weighted by Crippen LogP contribution is -2.40. The summed E-state index contributed by atoms with van der Waals surface area (Å²) in [6.07, 6.45) is 3.32. The third-order valence-electron chi connectivity index (χ3n) is 7.99. The maximum absolute atomic E-state index is 13.0. The predicted octanol–water partition coefficient (Wildman–Crippen LogP) is 7.07. The number of phenolic OH excluding ortho intramolecular Hbond substituents is 1. The largest absolute Gasteiger partial charge is 0.507 e. The van der Waals surface area contributed by atoms with Crippen molar-refractivity contribution in [2.24, 2.45) is 0 Å². The van der Waals surface area contributed by atoms with Gasteiger partial charge in [0.25, 0.3) is 0 Å². The number of methoxy groups -OCH3 is 1. The molecule has 0 saturated carbocycles. The van der Waals surface area contributed by atoms with Gasteiger partial charge >= 0.3 is 5.97 Å². The summed E-state index contributed by atoms with van der Waals surface area (Å²) in [6.45, 7) is 2.95. The number of ether oxygens (including phenoxy) is 2. The van der Waals surface area contributed by atoms with Crippen LogP contribution in [0.5, 0.6) is 17.2 Å². The van der Waals surface area contributed by atoms with Gasteiger partial charge in [-0.25, -0.2) is 4.79 Å². The van der Waals surface area contributed by atoms with E-state index < -0.39 is 5.97 Å². The molecule has 0 bridgehead atoms. The third kappa shape index (κ3) is 5.92. The second-order valence-corrected chi connectivity index (χ2v) is 11.5. The van der Waals surface area contributed by atoms with Crippen molar-refractivity contribution in [3.63, 3.8) is 0 Å². The summed E-state index contributed by atoms with van der Waals surface area (Å²) in [5, 5.41) is 10.2. The molecule has 210 valence electrons. The number of para-hydroxylation sites is 2. The van der Waals surface area contributed by atoms with Crippen LogP contribution in [-0.2, 0) is 12.2 Å². The van der Waals surface area contributed by atoms with Crippen LogP contribution in [0, 0.1) is 0 Å². The first kappa shape index (κ1) is 27.2. The lowest BCUT2D eigenvalue weighted by Gasteiger charge is -2.33. The second-order valence-electron chi connectivity index (χ2n) is 10.5. The molecular weight excluding hydrogens is 532 g/mol. The lowest BCUT2D eigenvalue weighted by atomic mass is 10.1. The van der Waals surface area contributed by atoms with Crippen LogP contribution in [0.4, 0.5) is 11.4 Å². The highest BCUT2D eigenvalue weighted by molar-refractivity contribution is 7.98. The fourth-order valence-corrected chi connectivity index (χ4v) is 6.89. The van der Waals surface area contributed by atoms with Crippen LogP contribution in [0.15, 0.2) is 95.9 Å². The number of likely N-dealkylation sites (tertiary alicyclic amines) is 1. The summed E-state index contributed by atoms with van der Waals surface area (Å²) in [7, 11) is 1.70. The number of esters is 1. The van der Waals surface area contributed by atoms with Crippen molar-refractivity contribution < 1.29 is 19.4 Å². The van der Waals surface area contributed by atoms with E-state index in [2.05, 4.69) is 52.3 Å². The van der Waals surface area contributed by atoms with Crippen LogP contribution < -0.4 is 14.4 Å². The van der Waals surface area contributed by atoms with Crippen molar-refractivity contribution in [2.75, 3.05) is 31.6 Å². The van der Waals surface area contributed by atoms with Crippen LogP contribution in [0.3, 0.4) is 0 Å². The van der Waals surface area contributed by atoms with Crippen LogP contribution in [0.2, 0.25) is 0 Å². The number of benzene rings is 4. The minimum Gasteiger partial charge on any atom is -0.507 e. The van der Waals surface area contributed by atoms with Gasteiger partial charge in [-0.15, -0.1) is 11.8 Å². The number of hydrogen-bond acceptors (Lipinski definition) is 7. The number of carbonyl (C=O) groups is 1. The van der Waals surface area contributed by atoms with E-state index in [4.69, 9.17) is 9.47 Å². The van der Waals surface area contributed by atoms with Gasteiger partial charge in [0.2, 0.25) is 0 Å². The maximum atomic E-state index is 13.0. The Bertz CT molecular complexity index is 1520. The molecule has 6 nitrogen and oxygen atoms in total. The van der Waals surface area contributed by atoms with E-state index in [-0.39, 0.29) is 11.3 Å². The Morgan fingerprint density at radius 2 is 1.73 bits per heavy atom. The highest BCUT2D eigenvalue weighted by Crippen LogP contribution is 2.46. The van der Waals surface area contributed by atoms with Crippen molar-refractivity contribution in [3.8, 4) is 17.2 Å². The topological polar surface area (TPSA) is 62.2 Å². The van der Waals surface area contributed by atoms with Gasteiger partial charge in [-0.05, 0) is 79.9 Å². The van der Waals surface area contributed by atoms with Crippen LogP contribution in [0.25, 0.3) is 0 Å². The molecule has 1 N–H and O–H groups in total. The van der Waals surface area contributed by atoms with Crippen molar-refractivity contribution in [3.05, 3.63) is 108 Å². The van der Waals surface area contributed by atoms with Crippen LogP contribution >= 0.6 is 11.8 Å². The number of carbonyl (C=O) groups excluding carboxylic acids is 1. The van der Waals surface area contributed by atoms with Gasteiger partial charge in [0, 0.05) is 41.0 Å². The number of thioether (sulfide) groups is 1. The molecule has 0 amide bonds. The molecule has 4 aromatic carbocycles. The predicted molar refractivity (Wildman–Crippen MR) is 164 cm³/mol. The van der Waals surface area contributed by atoms with Crippen molar-refractivity contribution in [1.29, 1.82) is 0 Å². The number of hydrogen-bond donors (Lipinski definition) is 1. The van der Waals surface area contributed by atoms with E-state index in [9.17, 15) is 9.90 Å². The standard InChI is InChI=1S/C34H34N2O4S/c1-39-26-17-15-24(16-18-26)19-21-35-20-7-8-25(35)22-36-29-11-6-13-32(40-34(38)27-9-2-4-12-31(27)37)28(29)23-41-33-14-5-3-10-30(33)36/h2-6,9-18,25,37H,7-8,19-23H2,1H3. The number of nitrogens with zero attached hydrogens (tertiary/aromatic N) is 2. The summed E-state index contributed by atoms with van der Waals surface area (Å²) in [6, 6.07) is 29.7. The summed E-state index contributed by atoms with van der Waals surface area (Å²) in [5.41, 5.74) is 4.70. The number of anilines is 2. The Labute approximate surface area is 245 Å². The smallest absolute Gasteiger partial charge is 0.347 e. The minimum atomic E-state index is -0.560. The van der Waals surface area contributed by atoms with E-state index in [1.807, 2.05) is 24.3 Å². The van der Waals surface area contributed by atoms with Gasteiger partial charge in [0.05, 0.1) is 12.8 Å². The van der Waals surface area contributed by atoms with E-state index in [0.717, 1.165) is 49.5 Å². The van der Waals surface area contributed by atoms with Crippen molar-refractivity contribution >= 4 is 29.1 Å². The molecule has 2 aliphatic rings. The highest BCUT2D eigenvalue weighted by atomic mass is 32.2. The summed E-state index contributed by atoms with van der Waals surface area (Å²) >= 11 is 1.76. The molecule has 41 heavy (non-hydrogen) atoms. The zero-order valence-electron chi connectivity index (χ0n) is 23.2. The highest BCUT2D eigenvalue weighted by Gasteiger charge is 2.31. The Kier molecular flexibility index (Phi) is 8.16. The Morgan fingerprint density at radius 1 is 0.951 bits per heavy atom. The van der Waals surface area contributed by atoms with Gasteiger partial charge in [-0.3, -0.25) is 4.90 Å². The van der Waals surface area contributed by atoms with Crippen molar-refractivity contribution in [1.82, 2.24) is 4.90 Å². The number of phenols is 1. The average Bonchev–Trinajstić information content (AvgIpc) is 3.38. The normalized spacial score (nSPS) is 16.5. The number of fused-ring (bicyclic) bond motifs is 2. The molecule has 0 aliphatic carbocycles. The van der Waals surface area contributed by atoms with Gasteiger partial charge < -0.3 is 19.5 Å². The van der Waals surface area contributed by atoms with E-state index in [0.29, 0.717) is 17.5 Å². The van der Waals surface area contributed by atoms with Gasteiger partial charge in [-0.1, -0.05) is 42.5 Å². The molecule has 0 aromatic heterocycles. The first-order chi connectivity index (χ1) is 20.1. The van der Waals surface area contributed by atoms with Gasteiger partial charge in [0.1, 0.15) is 22.8 Å². The zero-order chi connectivity index (χ0) is 28.2. The molecule has 0 spiro atoms. The van der Waals surface area contributed by atoms with E-state index in [1.54, 1.807) is 37.1 Å². The first-order valence-electron chi connectivity index (χ1n) is 14.1. The molecule has 7 heteroatoms. The van der Waals surface area contributed by atoms with Gasteiger partial charge in [-0.2, -0.15) is 0 Å². The number of aromatic hydroxyl groups is 1. The lowest BCUT2D eigenvalue weighted by molar-refractivity contribution is 0.0730. The Balaban J connectivity index is 1.26. The SMILES string of the molecule is COc1ccc(CCN2CCCC2CN2c3ccccc3SCc3c(OC(=O)c4ccccc4O)cccc32)cc1. The fourth-order valence-electron chi connectivity index (χ4n) is 5.80. The molecule has 1 saturated heterocycles. The molecular formula is C34H34N2O4S. The molecule has 4 aromatic rings. The summed E-state index contributed by atoms with van der Waals surface area (Å²) in [5.74, 6) is 1.45. The van der Waals surface area contributed by atoms with E-state index in [1.165, 1.54) is 28.6 Å².